The van der Waals surface area contributed by atoms with Crippen molar-refractivity contribution in [3.63, 3.8) is 0 Å². The predicted octanol–water partition coefficient (Wildman–Crippen LogP) is 4.06. The number of hydrogen-bond donors (Lipinski definition) is 1. The van der Waals surface area contributed by atoms with Crippen LogP contribution in [0.15, 0.2) is 36.4 Å². The number of non-ortho nitro benzene ring substituents is 1. The van der Waals surface area contributed by atoms with Crippen LogP contribution in [0.3, 0.4) is 0 Å². The lowest BCUT2D eigenvalue weighted by molar-refractivity contribution is -0.385. The van der Waals surface area contributed by atoms with Crippen LogP contribution in [0, 0.1) is 20.2 Å². The molecule has 1 amide bonds. The van der Waals surface area contributed by atoms with E-state index in [4.69, 9.17) is 23.2 Å². The van der Waals surface area contributed by atoms with Crippen LogP contribution in [0.4, 0.5) is 17.1 Å². The Labute approximate surface area is 138 Å². The standard InChI is InChI=1S/C13H7Cl2N3O5/c14-7-1-3-9(12(5-7)18(22)23)13(19)16-11-6-8(17(20)21)2-4-10(11)15/h1-6H,(H,16,19). The Kier molecular flexibility index (Phi) is 4.77. The van der Waals surface area contributed by atoms with Gasteiger partial charge in [0.15, 0.2) is 0 Å². The topological polar surface area (TPSA) is 115 Å². The summed E-state index contributed by atoms with van der Waals surface area (Å²) in [6, 6.07) is 7.00. The smallest absolute Gasteiger partial charge is 0.283 e. The van der Waals surface area contributed by atoms with Gasteiger partial charge in [-0.3, -0.25) is 25.0 Å². The molecule has 0 heterocycles. The summed E-state index contributed by atoms with van der Waals surface area (Å²) in [6.07, 6.45) is 0. The van der Waals surface area contributed by atoms with E-state index in [1.165, 1.54) is 24.3 Å². The van der Waals surface area contributed by atoms with Crippen molar-refractivity contribution in [2.45, 2.75) is 0 Å². The zero-order valence-electron chi connectivity index (χ0n) is 11.2. The van der Waals surface area contributed by atoms with Gasteiger partial charge in [0.05, 0.1) is 20.6 Å². The van der Waals surface area contributed by atoms with Gasteiger partial charge < -0.3 is 5.32 Å². The monoisotopic (exact) mass is 355 g/mol. The molecule has 0 saturated heterocycles. The molecule has 8 nitrogen and oxygen atoms in total. The van der Waals surface area contributed by atoms with Gasteiger partial charge in [0.25, 0.3) is 17.3 Å². The van der Waals surface area contributed by atoms with E-state index in [9.17, 15) is 25.0 Å². The molecule has 0 atom stereocenters. The summed E-state index contributed by atoms with van der Waals surface area (Å²) in [5, 5.41) is 24.2. The molecular formula is C13H7Cl2N3O5. The number of benzene rings is 2. The molecule has 118 valence electrons. The maximum Gasteiger partial charge on any atom is 0.283 e. The molecule has 0 aliphatic heterocycles. The normalized spacial score (nSPS) is 10.2. The number of nitro benzene ring substituents is 2. The van der Waals surface area contributed by atoms with E-state index >= 15 is 0 Å². The quantitative estimate of drug-likeness (QED) is 0.655. The molecule has 0 aliphatic carbocycles. The fraction of sp³-hybridized carbons (Fsp3) is 0. The highest BCUT2D eigenvalue weighted by Gasteiger charge is 2.22. The van der Waals surface area contributed by atoms with Crippen molar-refractivity contribution < 1.29 is 14.6 Å². The van der Waals surface area contributed by atoms with Crippen molar-refractivity contribution in [1.82, 2.24) is 0 Å². The number of halogens is 2. The number of nitrogens with zero attached hydrogens (tertiary/aromatic N) is 2. The molecule has 0 bridgehead atoms. The van der Waals surface area contributed by atoms with Gasteiger partial charge >= 0.3 is 0 Å². The molecule has 0 spiro atoms. The molecule has 2 aromatic rings. The van der Waals surface area contributed by atoms with E-state index < -0.39 is 21.4 Å². The SMILES string of the molecule is O=C(Nc1cc([N+](=O)[O-])ccc1Cl)c1ccc(Cl)cc1[N+](=O)[O-]. The van der Waals surface area contributed by atoms with Crippen LogP contribution in [-0.4, -0.2) is 15.8 Å². The van der Waals surface area contributed by atoms with Crippen molar-refractivity contribution in [3.8, 4) is 0 Å². The number of anilines is 1. The zero-order valence-corrected chi connectivity index (χ0v) is 12.7. The fourth-order valence-corrected chi connectivity index (χ4v) is 2.09. The van der Waals surface area contributed by atoms with E-state index in [0.717, 1.165) is 12.1 Å². The number of amides is 1. The first-order chi connectivity index (χ1) is 10.8. The van der Waals surface area contributed by atoms with Gasteiger partial charge in [0, 0.05) is 23.2 Å². The molecule has 0 aromatic heterocycles. The summed E-state index contributed by atoms with van der Waals surface area (Å²) >= 11 is 11.5. The van der Waals surface area contributed by atoms with Crippen molar-refractivity contribution in [3.05, 3.63) is 72.2 Å². The van der Waals surface area contributed by atoms with Crippen LogP contribution in [0.25, 0.3) is 0 Å². The van der Waals surface area contributed by atoms with E-state index in [0.29, 0.717) is 0 Å². The summed E-state index contributed by atoms with van der Waals surface area (Å²) in [5.74, 6) is -0.837. The highest BCUT2D eigenvalue weighted by molar-refractivity contribution is 6.34. The highest BCUT2D eigenvalue weighted by atomic mass is 35.5. The summed E-state index contributed by atoms with van der Waals surface area (Å²) in [6.45, 7) is 0. The van der Waals surface area contributed by atoms with Crippen molar-refractivity contribution in [2.24, 2.45) is 0 Å². The Morgan fingerprint density at radius 3 is 2.30 bits per heavy atom. The van der Waals surface area contributed by atoms with E-state index in [1.807, 2.05) is 0 Å². The first-order valence-corrected chi connectivity index (χ1v) is 6.74. The lowest BCUT2D eigenvalue weighted by Crippen LogP contribution is -2.14. The number of nitrogens with one attached hydrogen (secondary N) is 1. The summed E-state index contributed by atoms with van der Waals surface area (Å²) in [7, 11) is 0. The van der Waals surface area contributed by atoms with E-state index in [1.54, 1.807) is 0 Å². The number of rotatable bonds is 4. The average Bonchev–Trinajstić information content (AvgIpc) is 2.48. The third kappa shape index (κ3) is 3.74. The second-order valence-corrected chi connectivity index (χ2v) is 5.14. The van der Waals surface area contributed by atoms with Gasteiger partial charge in [-0.15, -0.1) is 0 Å². The molecule has 0 fully saturated rings. The van der Waals surface area contributed by atoms with Crippen LogP contribution in [0.1, 0.15) is 10.4 Å². The van der Waals surface area contributed by atoms with Crippen molar-refractivity contribution >= 4 is 46.2 Å². The summed E-state index contributed by atoms with van der Waals surface area (Å²) < 4.78 is 0. The number of carbonyl (C=O) groups excluding carboxylic acids is 1. The van der Waals surface area contributed by atoms with Gasteiger partial charge in [-0.25, -0.2) is 0 Å². The predicted molar refractivity (Wildman–Crippen MR) is 84.2 cm³/mol. The molecule has 1 N–H and O–H groups in total. The molecule has 23 heavy (non-hydrogen) atoms. The van der Waals surface area contributed by atoms with Crippen LogP contribution in [0.5, 0.6) is 0 Å². The third-order valence-electron chi connectivity index (χ3n) is 2.81. The van der Waals surface area contributed by atoms with Gasteiger partial charge in [-0.2, -0.15) is 0 Å². The molecular weight excluding hydrogens is 349 g/mol. The van der Waals surface area contributed by atoms with Gasteiger partial charge in [0.1, 0.15) is 5.56 Å². The van der Waals surface area contributed by atoms with E-state index in [-0.39, 0.29) is 27.0 Å². The summed E-state index contributed by atoms with van der Waals surface area (Å²) in [5.41, 5.74) is -1.05. The first kappa shape index (κ1) is 16.7. The minimum atomic E-state index is -0.837. The Bertz CT molecular complexity index is 825. The van der Waals surface area contributed by atoms with Crippen LogP contribution in [-0.2, 0) is 0 Å². The second-order valence-electron chi connectivity index (χ2n) is 4.29. The summed E-state index contributed by atoms with van der Waals surface area (Å²) in [4.78, 5) is 32.5. The van der Waals surface area contributed by atoms with Crippen molar-refractivity contribution in [2.75, 3.05) is 5.32 Å². The molecule has 10 heteroatoms. The maximum atomic E-state index is 12.2. The Morgan fingerprint density at radius 2 is 1.70 bits per heavy atom. The number of hydrogen-bond acceptors (Lipinski definition) is 5. The minimum Gasteiger partial charge on any atom is -0.320 e. The van der Waals surface area contributed by atoms with Crippen LogP contribution >= 0.6 is 23.2 Å². The second kappa shape index (κ2) is 6.59. The molecule has 0 unspecified atom stereocenters. The Hall–Kier alpha value is -2.71. The first-order valence-electron chi connectivity index (χ1n) is 5.99. The minimum absolute atomic E-state index is 0.0323. The van der Waals surface area contributed by atoms with Gasteiger partial charge in [0.2, 0.25) is 0 Å². The zero-order chi connectivity index (χ0) is 17.1. The fourth-order valence-electron chi connectivity index (χ4n) is 1.76. The van der Waals surface area contributed by atoms with Crippen LogP contribution < -0.4 is 5.32 Å². The third-order valence-corrected chi connectivity index (χ3v) is 3.37. The largest absolute Gasteiger partial charge is 0.320 e. The maximum absolute atomic E-state index is 12.2. The van der Waals surface area contributed by atoms with E-state index in [2.05, 4.69) is 5.32 Å². The molecule has 2 rings (SSSR count). The Morgan fingerprint density at radius 1 is 1.00 bits per heavy atom. The van der Waals surface area contributed by atoms with Gasteiger partial charge in [-0.05, 0) is 18.2 Å². The number of carbonyl (C=O) groups is 1. The highest BCUT2D eigenvalue weighted by Crippen LogP contribution is 2.29. The average molecular weight is 356 g/mol. The van der Waals surface area contributed by atoms with Crippen LogP contribution in [0.2, 0.25) is 10.0 Å². The van der Waals surface area contributed by atoms with Gasteiger partial charge in [-0.1, -0.05) is 23.2 Å². The lowest BCUT2D eigenvalue weighted by atomic mass is 10.1. The lowest BCUT2D eigenvalue weighted by Gasteiger charge is -2.08. The molecule has 0 aliphatic rings. The molecule has 0 radical (unpaired) electrons. The Balaban J connectivity index is 2.39. The number of nitro groups is 2. The molecule has 2 aromatic carbocycles. The van der Waals surface area contributed by atoms with Crippen molar-refractivity contribution in [1.29, 1.82) is 0 Å². The molecule has 0 saturated carbocycles.